The fourth-order valence-corrected chi connectivity index (χ4v) is 3.43. The van der Waals surface area contributed by atoms with Crippen molar-refractivity contribution in [3.63, 3.8) is 0 Å². The molecule has 0 aliphatic carbocycles. The molecule has 1 N–H and O–H groups in total. The summed E-state index contributed by atoms with van der Waals surface area (Å²) in [6.07, 6.45) is 1.15. The van der Waals surface area contributed by atoms with Crippen LogP contribution in [0.2, 0.25) is 0 Å². The summed E-state index contributed by atoms with van der Waals surface area (Å²) in [5.74, 6) is 0.509. The molecule has 0 radical (unpaired) electrons. The van der Waals surface area contributed by atoms with Gasteiger partial charge >= 0.3 is 0 Å². The first-order valence-electron chi connectivity index (χ1n) is 7.68. The number of anilines is 1. The molecule has 126 valence electrons. The summed E-state index contributed by atoms with van der Waals surface area (Å²) in [5, 5.41) is 2.75. The maximum absolute atomic E-state index is 12.6. The molecule has 1 aliphatic heterocycles. The second-order valence-corrected chi connectivity index (χ2v) is 8.11. The number of benzene rings is 2. The van der Waals surface area contributed by atoms with Gasteiger partial charge in [0.05, 0.1) is 10.5 Å². The van der Waals surface area contributed by atoms with Crippen LogP contribution in [-0.4, -0.2) is 26.7 Å². The zero-order valence-electron chi connectivity index (χ0n) is 13.7. The number of fused-ring (bicyclic) bond motifs is 1. The first-order valence-corrected chi connectivity index (χ1v) is 9.57. The third-order valence-corrected chi connectivity index (χ3v) is 5.42. The van der Waals surface area contributed by atoms with Crippen LogP contribution in [0.25, 0.3) is 0 Å². The van der Waals surface area contributed by atoms with E-state index in [0.717, 1.165) is 11.8 Å². The molecule has 0 aromatic heterocycles. The fraction of sp³-hybridized carbons (Fsp3) is 0.278. The van der Waals surface area contributed by atoms with Crippen LogP contribution in [0.5, 0.6) is 5.75 Å². The normalized spacial score (nSPS) is 19.5. The van der Waals surface area contributed by atoms with Crippen LogP contribution in [0, 0.1) is 0 Å². The molecule has 1 heterocycles. The minimum Gasteiger partial charge on any atom is -0.489 e. The van der Waals surface area contributed by atoms with Crippen molar-refractivity contribution in [2.45, 2.75) is 30.8 Å². The van der Waals surface area contributed by atoms with E-state index in [0.29, 0.717) is 17.0 Å². The van der Waals surface area contributed by atoms with Gasteiger partial charge in [-0.1, -0.05) is 25.1 Å². The second-order valence-electron chi connectivity index (χ2n) is 6.09. The largest absolute Gasteiger partial charge is 0.489 e. The zero-order chi connectivity index (χ0) is 17.5. The SMILES string of the molecule is C[C@@H]1Oc2c(C(=O)Nc3cccc(S(C)(=O)=O)c3)cccc2[C@H]1C. The van der Waals surface area contributed by atoms with E-state index in [9.17, 15) is 13.2 Å². The van der Waals surface area contributed by atoms with Gasteiger partial charge < -0.3 is 10.1 Å². The number of rotatable bonds is 3. The molecule has 0 unspecified atom stereocenters. The molecule has 3 rings (SSSR count). The quantitative estimate of drug-likeness (QED) is 0.927. The van der Waals surface area contributed by atoms with Crippen LogP contribution in [0.4, 0.5) is 5.69 Å². The monoisotopic (exact) mass is 345 g/mol. The van der Waals surface area contributed by atoms with E-state index in [1.54, 1.807) is 18.2 Å². The Bertz CT molecular complexity index is 905. The van der Waals surface area contributed by atoms with E-state index < -0.39 is 9.84 Å². The van der Waals surface area contributed by atoms with E-state index in [1.165, 1.54) is 12.1 Å². The summed E-state index contributed by atoms with van der Waals surface area (Å²) in [7, 11) is -3.33. The third-order valence-electron chi connectivity index (χ3n) is 4.31. The Morgan fingerprint density at radius 1 is 1.12 bits per heavy atom. The lowest BCUT2D eigenvalue weighted by Gasteiger charge is -2.10. The minimum absolute atomic E-state index is 0.0162. The third kappa shape index (κ3) is 3.01. The molecule has 0 saturated carbocycles. The summed E-state index contributed by atoms with van der Waals surface area (Å²) in [4.78, 5) is 12.8. The van der Waals surface area contributed by atoms with Crippen molar-refractivity contribution in [2.75, 3.05) is 11.6 Å². The van der Waals surface area contributed by atoms with E-state index >= 15 is 0 Å². The number of para-hydroxylation sites is 1. The summed E-state index contributed by atoms with van der Waals surface area (Å²) in [6, 6.07) is 11.7. The molecule has 1 aliphatic rings. The Morgan fingerprint density at radius 3 is 2.54 bits per heavy atom. The summed E-state index contributed by atoms with van der Waals surface area (Å²) in [6.45, 7) is 4.04. The van der Waals surface area contributed by atoms with E-state index in [1.807, 2.05) is 19.1 Å². The number of nitrogens with one attached hydrogen (secondary N) is 1. The molecule has 0 saturated heterocycles. The minimum atomic E-state index is -3.33. The van der Waals surface area contributed by atoms with Gasteiger partial charge in [0.15, 0.2) is 9.84 Å². The van der Waals surface area contributed by atoms with Crippen molar-refractivity contribution in [2.24, 2.45) is 0 Å². The van der Waals surface area contributed by atoms with Crippen molar-refractivity contribution in [1.29, 1.82) is 0 Å². The predicted molar refractivity (Wildman–Crippen MR) is 92.5 cm³/mol. The van der Waals surface area contributed by atoms with Gasteiger partial charge in [-0.15, -0.1) is 0 Å². The molecule has 2 aromatic carbocycles. The molecule has 1 amide bonds. The standard InChI is InChI=1S/C18H19NO4S/c1-11-12(2)23-17-15(11)8-5-9-16(17)18(20)19-13-6-4-7-14(10-13)24(3,21)22/h4-12H,1-3H3,(H,19,20)/t11-,12-/m0/s1. The van der Waals surface area contributed by atoms with E-state index in [-0.39, 0.29) is 22.8 Å². The highest BCUT2D eigenvalue weighted by Gasteiger charge is 2.31. The van der Waals surface area contributed by atoms with Gasteiger partial charge in [0, 0.05) is 23.4 Å². The Labute approximate surface area is 141 Å². The van der Waals surface area contributed by atoms with Gasteiger partial charge in [-0.2, -0.15) is 0 Å². The first-order chi connectivity index (χ1) is 11.3. The molecule has 0 fully saturated rings. The Hall–Kier alpha value is -2.34. The maximum Gasteiger partial charge on any atom is 0.259 e. The summed E-state index contributed by atoms with van der Waals surface area (Å²) in [5.41, 5.74) is 1.90. The highest BCUT2D eigenvalue weighted by Crippen LogP contribution is 2.40. The van der Waals surface area contributed by atoms with Crippen molar-refractivity contribution >= 4 is 21.4 Å². The average molecular weight is 345 g/mol. The number of hydrogen-bond acceptors (Lipinski definition) is 4. The molecule has 6 heteroatoms. The summed E-state index contributed by atoms with van der Waals surface area (Å²) >= 11 is 0. The Balaban J connectivity index is 1.90. The maximum atomic E-state index is 12.6. The number of carbonyl (C=O) groups is 1. The number of sulfone groups is 1. The lowest BCUT2D eigenvalue weighted by molar-refractivity contribution is 0.102. The molecular formula is C18H19NO4S. The highest BCUT2D eigenvalue weighted by molar-refractivity contribution is 7.90. The smallest absolute Gasteiger partial charge is 0.259 e. The van der Waals surface area contributed by atoms with Crippen LogP contribution >= 0.6 is 0 Å². The predicted octanol–water partition coefficient (Wildman–Crippen LogP) is 3.23. The molecule has 2 aromatic rings. The van der Waals surface area contributed by atoms with Crippen molar-refractivity contribution in [3.8, 4) is 5.75 Å². The Morgan fingerprint density at radius 2 is 1.83 bits per heavy atom. The van der Waals surface area contributed by atoms with Crippen molar-refractivity contribution < 1.29 is 17.9 Å². The number of ether oxygens (including phenoxy) is 1. The average Bonchev–Trinajstić information content (AvgIpc) is 2.82. The molecule has 0 bridgehead atoms. The van der Waals surface area contributed by atoms with Crippen LogP contribution in [0.3, 0.4) is 0 Å². The van der Waals surface area contributed by atoms with Crippen molar-refractivity contribution in [3.05, 3.63) is 53.6 Å². The van der Waals surface area contributed by atoms with E-state index in [2.05, 4.69) is 12.2 Å². The van der Waals surface area contributed by atoms with Gasteiger partial charge in [0.2, 0.25) is 0 Å². The molecule has 2 atom stereocenters. The van der Waals surface area contributed by atoms with Gasteiger partial charge in [-0.3, -0.25) is 4.79 Å². The first kappa shape index (κ1) is 16.5. The molecule has 24 heavy (non-hydrogen) atoms. The van der Waals surface area contributed by atoms with Crippen molar-refractivity contribution in [1.82, 2.24) is 0 Å². The fourth-order valence-electron chi connectivity index (χ4n) is 2.77. The van der Waals surface area contributed by atoms with Crippen LogP contribution in [-0.2, 0) is 9.84 Å². The molecule has 0 spiro atoms. The Kier molecular flexibility index (Phi) is 4.09. The van der Waals surface area contributed by atoms with Crippen LogP contribution in [0.15, 0.2) is 47.4 Å². The van der Waals surface area contributed by atoms with Crippen LogP contribution in [0.1, 0.15) is 35.7 Å². The second kappa shape index (κ2) is 5.94. The van der Waals surface area contributed by atoms with Gasteiger partial charge in [0.25, 0.3) is 5.91 Å². The molecular weight excluding hydrogens is 326 g/mol. The van der Waals surface area contributed by atoms with Gasteiger partial charge in [-0.25, -0.2) is 8.42 Å². The lowest BCUT2D eigenvalue weighted by atomic mass is 9.97. The lowest BCUT2D eigenvalue weighted by Crippen LogP contribution is -2.14. The topological polar surface area (TPSA) is 72.5 Å². The van der Waals surface area contributed by atoms with Crippen LogP contribution < -0.4 is 10.1 Å². The number of amides is 1. The van der Waals surface area contributed by atoms with Gasteiger partial charge in [-0.05, 0) is 31.2 Å². The molecule has 5 nitrogen and oxygen atoms in total. The van der Waals surface area contributed by atoms with Gasteiger partial charge in [0.1, 0.15) is 11.9 Å². The summed E-state index contributed by atoms with van der Waals surface area (Å²) < 4.78 is 29.1. The number of carbonyl (C=O) groups excluding carboxylic acids is 1. The number of hydrogen-bond donors (Lipinski definition) is 1. The zero-order valence-corrected chi connectivity index (χ0v) is 14.6. The van der Waals surface area contributed by atoms with E-state index in [4.69, 9.17) is 4.74 Å². The highest BCUT2D eigenvalue weighted by atomic mass is 32.2.